The average molecular weight is 326 g/mol. The molecule has 128 valence electrons. The van der Waals surface area contributed by atoms with Crippen LogP contribution in [-0.4, -0.2) is 35.2 Å². The Morgan fingerprint density at radius 1 is 1.17 bits per heavy atom. The number of hydrogen-bond acceptors (Lipinski definition) is 5. The van der Waals surface area contributed by atoms with Crippen molar-refractivity contribution < 1.29 is 4.74 Å². The first kappa shape index (κ1) is 16.8. The summed E-state index contributed by atoms with van der Waals surface area (Å²) in [6, 6.07) is 3.92. The minimum Gasteiger partial charge on any atom is -0.385 e. The summed E-state index contributed by atoms with van der Waals surface area (Å²) < 4.78 is 5.22. The molecule has 2 aromatic rings. The van der Waals surface area contributed by atoms with Gasteiger partial charge in [-0.1, -0.05) is 13.8 Å². The smallest absolute Gasteiger partial charge is 0.161 e. The average Bonchev–Trinajstić information content (AvgIpc) is 3.07. The molecule has 0 radical (unpaired) electrons. The number of aromatic nitrogens is 3. The van der Waals surface area contributed by atoms with E-state index in [1.807, 2.05) is 12.1 Å². The Morgan fingerprint density at radius 3 is 2.71 bits per heavy atom. The highest BCUT2D eigenvalue weighted by Gasteiger charge is 2.22. The second kappa shape index (κ2) is 7.26. The van der Waals surface area contributed by atoms with E-state index in [1.165, 1.54) is 11.3 Å². The van der Waals surface area contributed by atoms with Crippen LogP contribution in [0.5, 0.6) is 0 Å². The lowest BCUT2D eigenvalue weighted by molar-refractivity contribution is 0.157. The van der Waals surface area contributed by atoms with Gasteiger partial charge in [0, 0.05) is 49.5 Å². The van der Waals surface area contributed by atoms with Crippen LogP contribution in [0.25, 0.3) is 11.4 Å². The molecular formula is C19H26N4O. The molecule has 2 heterocycles. The van der Waals surface area contributed by atoms with E-state index < -0.39 is 0 Å². The van der Waals surface area contributed by atoms with Crippen LogP contribution < -0.4 is 5.32 Å². The SMILES string of the molecule is COCCC(C)(C)CNc1nc(-c2ccncc2)nc2c1CCC2. The molecule has 0 saturated carbocycles. The molecular weight excluding hydrogens is 300 g/mol. The van der Waals surface area contributed by atoms with Crippen LogP contribution >= 0.6 is 0 Å². The normalized spacial score (nSPS) is 13.8. The first-order chi connectivity index (χ1) is 11.6. The Balaban J connectivity index is 1.83. The van der Waals surface area contributed by atoms with Gasteiger partial charge in [-0.05, 0) is 43.2 Å². The Morgan fingerprint density at radius 2 is 1.96 bits per heavy atom. The molecule has 5 nitrogen and oxygen atoms in total. The Kier molecular flexibility index (Phi) is 5.09. The highest BCUT2D eigenvalue weighted by Crippen LogP contribution is 2.30. The summed E-state index contributed by atoms with van der Waals surface area (Å²) in [6.07, 6.45) is 7.84. The zero-order valence-electron chi connectivity index (χ0n) is 14.8. The minimum atomic E-state index is 0.156. The largest absolute Gasteiger partial charge is 0.385 e. The maximum absolute atomic E-state index is 5.22. The van der Waals surface area contributed by atoms with Gasteiger partial charge in [0.05, 0.1) is 0 Å². The lowest BCUT2D eigenvalue weighted by Crippen LogP contribution is -2.25. The predicted molar refractivity (Wildman–Crippen MR) is 96.1 cm³/mol. The van der Waals surface area contributed by atoms with Crippen molar-refractivity contribution in [3.8, 4) is 11.4 Å². The topological polar surface area (TPSA) is 59.9 Å². The van der Waals surface area contributed by atoms with Crippen LogP contribution in [0.2, 0.25) is 0 Å². The molecule has 0 bridgehead atoms. The highest BCUT2D eigenvalue weighted by molar-refractivity contribution is 5.60. The van der Waals surface area contributed by atoms with Crippen molar-refractivity contribution in [3.63, 3.8) is 0 Å². The van der Waals surface area contributed by atoms with Crippen molar-refractivity contribution in [3.05, 3.63) is 35.8 Å². The number of ether oxygens (including phenoxy) is 1. The lowest BCUT2D eigenvalue weighted by atomic mass is 9.89. The number of rotatable bonds is 7. The fraction of sp³-hybridized carbons (Fsp3) is 0.526. The second-order valence-electron chi connectivity index (χ2n) is 7.17. The molecule has 3 rings (SSSR count). The third-order valence-corrected chi connectivity index (χ3v) is 4.59. The lowest BCUT2D eigenvalue weighted by Gasteiger charge is -2.25. The van der Waals surface area contributed by atoms with Crippen LogP contribution in [0.3, 0.4) is 0 Å². The van der Waals surface area contributed by atoms with E-state index in [0.717, 1.165) is 56.0 Å². The molecule has 0 saturated heterocycles. The first-order valence-corrected chi connectivity index (χ1v) is 8.62. The zero-order chi connectivity index (χ0) is 17.0. The first-order valence-electron chi connectivity index (χ1n) is 8.62. The maximum Gasteiger partial charge on any atom is 0.161 e. The Hall–Kier alpha value is -2.01. The Labute approximate surface area is 143 Å². The fourth-order valence-electron chi connectivity index (χ4n) is 3.00. The van der Waals surface area contributed by atoms with E-state index in [0.29, 0.717) is 0 Å². The van der Waals surface area contributed by atoms with E-state index in [9.17, 15) is 0 Å². The van der Waals surface area contributed by atoms with Gasteiger partial charge < -0.3 is 10.1 Å². The van der Waals surface area contributed by atoms with E-state index >= 15 is 0 Å². The molecule has 1 N–H and O–H groups in total. The second-order valence-corrected chi connectivity index (χ2v) is 7.17. The number of nitrogens with zero attached hydrogens (tertiary/aromatic N) is 3. The number of methoxy groups -OCH3 is 1. The van der Waals surface area contributed by atoms with Crippen molar-refractivity contribution in [2.75, 3.05) is 25.6 Å². The van der Waals surface area contributed by atoms with E-state index in [2.05, 4.69) is 24.1 Å². The molecule has 0 spiro atoms. The third kappa shape index (κ3) is 3.90. The van der Waals surface area contributed by atoms with Crippen LogP contribution in [0, 0.1) is 5.41 Å². The van der Waals surface area contributed by atoms with Gasteiger partial charge in [0.15, 0.2) is 5.82 Å². The van der Waals surface area contributed by atoms with Gasteiger partial charge in [-0.25, -0.2) is 9.97 Å². The summed E-state index contributed by atoms with van der Waals surface area (Å²) in [4.78, 5) is 13.7. The van der Waals surface area contributed by atoms with Crippen LogP contribution in [0.1, 0.15) is 37.9 Å². The molecule has 0 fully saturated rings. The molecule has 0 atom stereocenters. The quantitative estimate of drug-likeness (QED) is 0.844. The molecule has 0 aromatic carbocycles. The molecule has 5 heteroatoms. The summed E-state index contributed by atoms with van der Waals surface area (Å²) in [5, 5.41) is 3.58. The standard InChI is InChI=1S/C19H26N4O/c1-19(2,9-12-24-3)13-21-18-15-5-4-6-16(15)22-17(23-18)14-7-10-20-11-8-14/h7-8,10-11H,4-6,9,12-13H2,1-3H3,(H,21,22,23). The third-order valence-electron chi connectivity index (χ3n) is 4.59. The number of anilines is 1. The Bertz CT molecular complexity index is 685. The zero-order valence-corrected chi connectivity index (χ0v) is 14.8. The molecule has 1 aliphatic carbocycles. The van der Waals surface area contributed by atoms with Gasteiger partial charge in [0.1, 0.15) is 5.82 Å². The van der Waals surface area contributed by atoms with Crippen molar-refractivity contribution in [1.82, 2.24) is 15.0 Å². The van der Waals surface area contributed by atoms with E-state index in [-0.39, 0.29) is 5.41 Å². The van der Waals surface area contributed by atoms with Crippen molar-refractivity contribution in [1.29, 1.82) is 0 Å². The minimum absolute atomic E-state index is 0.156. The molecule has 0 aliphatic heterocycles. The number of nitrogens with one attached hydrogen (secondary N) is 1. The summed E-state index contributed by atoms with van der Waals surface area (Å²) in [6.45, 7) is 6.16. The van der Waals surface area contributed by atoms with Crippen LogP contribution in [-0.2, 0) is 17.6 Å². The van der Waals surface area contributed by atoms with Gasteiger partial charge in [-0.3, -0.25) is 4.98 Å². The molecule has 1 aliphatic rings. The summed E-state index contributed by atoms with van der Waals surface area (Å²) in [5.41, 5.74) is 3.65. The molecule has 0 unspecified atom stereocenters. The molecule has 0 amide bonds. The van der Waals surface area contributed by atoms with Gasteiger partial charge in [0.25, 0.3) is 0 Å². The van der Waals surface area contributed by atoms with Gasteiger partial charge in [-0.15, -0.1) is 0 Å². The van der Waals surface area contributed by atoms with Gasteiger partial charge in [-0.2, -0.15) is 0 Å². The monoisotopic (exact) mass is 326 g/mol. The van der Waals surface area contributed by atoms with Gasteiger partial charge in [0.2, 0.25) is 0 Å². The van der Waals surface area contributed by atoms with Crippen molar-refractivity contribution in [2.45, 2.75) is 39.5 Å². The predicted octanol–water partition coefficient (Wildman–Crippen LogP) is 3.50. The number of hydrogen-bond donors (Lipinski definition) is 1. The summed E-state index contributed by atoms with van der Waals surface area (Å²) >= 11 is 0. The molecule has 2 aromatic heterocycles. The summed E-state index contributed by atoms with van der Waals surface area (Å²) in [5.74, 6) is 1.78. The van der Waals surface area contributed by atoms with Crippen molar-refractivity contribution in [2.24, 2.45) is 5.41 Å². The van der Waals surface area contributed by atoms with Crippen LogP contribution in [0.15, 0.2) is 24.5 Å². The van der Waals surface area contributed by atoms with Crippen molar-refractivity contribution >= 4 is 5.82 Å². The van der Waals surface area contributed by atoms with E-state index in [4.69, 9.17) is 14.7 Å². The number of aryl methyl sites for hydroxylation is 1. The van der Waals surface area contributed by atoms with Crippen LogP contribution in [0.4, 0.5) is 5.82 Å². The maximum atomic E-state index is 5.22. The summed E-state index contributed by atoms with van der Waals surface area (Å²) in [7, 11) is 1.75. The number of fused-ring (bicyclic) bond motifs is 1. The number of pyridine rings is 1. The molecule has 24 heavy (non-hydrogen) atoms. The highest BCUT2D eigenvalue weighted by atomic mass is 16.5. The van der Waals surface area contributed by atoms with Gasteiger partial charge >= 0.3 is 0 Å². The van der Waals surface area contributed by atoms with E-state index in [1.54, 1.807) is 19.5 Å². The fourth-order valence-corrected chi connectivity index (χ4v) is 3.00.